The average molecular weight is 413 g/mol. The van der Waals surface area contributed by atoms with Crippen molar-refractivity contribution in [3.63, 3.8) is 0 Å². The molecule has 0 bridgehead atoms. The second kappa shape index (κ2) is 8.62. The number of nitrogens with zero attached hydrogens (tertiary/aromatic N) is 4. The summed E-state index contributed by atoms with van der Waals surface area (Å²) in [4.78, 5) is 16.6. The number of benzene rings is 1. The summed E-state index contributed by atoms with van der Waals surface area (Å²) in [6.07, 6.45) is 7.19. The van der Waals surface area contributed by atoms with E-state index in [1.54, 1.807) is 0 Å². The van der Waals surface area contributed by atoms with Gasteiger partial charge in [0.1, 0.15) is 0 Å². The molecule has 156 valence electrons. The molecule has 2 aromatic rings. The summed E-state index contributed by atoms with van der Waals surface area (Å²) < 4.78 is 1.39. The van der Waals surface area contributed by atoms with Crippen molar-refractivity contribution in [1.82, 2.24) is 14.9 Å². The SMILES string of the molecule is O=CN(C1CC1)N1CCC(CCN2CCN(c3cccc4sccc34)CC2)CC1. The Labute approximate surface area is 177 Å². The highest BCUT2D eigenvalue weighted by Gasteiger charge is 2.34. The first-order chi connectivity index (χ1) is 14.3. The number of carbonyl (C=O) groups excluding carboxylic acids is 1. The van der Waals surface area contributed by atoms with Gasteiger partial charge in [0.05, 0.1) is 0 Å². The largest absolute Gasteiger partial charge is 0.368 e. The number of thiophene rings is 1. The zero-order valence-electron chi connectivity index (χ0n) is 17.2. The van der Waals surface area contributed by atoms with Gasteiger partial charge in [-0.2, -0.15) is 0 Å². The highest BCUT2D eigenvalue weighted by Crippen LogP contribution is 2.32. The third kappa shape index (κ3) is 4.30. The second-order valence-electron chi connectivity index (χ2n) is 8.84. The van der Waals surface area contributed by atoms with Crippen LogP contribution in [0.4, 0.5) is 5.69 Å². The van der Waals surface area contributed by atoms with Crippen molar-refractivity contribution in [3.8, 4) is 0 Å². The maximum Gasteiger partial charge on any atom is 0.224 e. The van der Waals surface area contributed by atoms with Crippen molar-refractivity contribution in [1.29, 1.82) is 0 Å². The minimum Gasteiger partial charge on any atom is -0.368 e. The highest BCUT2D eigenvalue weighted by molar-refractivity contribution is 7.17. The van der Waals surface area contributed by atoms with Crippen LogP contribution in [0.15, 0.2) is 29.6 Å². The van der Waals surface area contributed by atoms with Gasteiger partial charge in [-0.15, -0.1) is 11.3 Å². The monoisotopic (exact) mass is 412 g/mol. The Balaban J connectivity index is 1.06. The number of piperidine rings is 1. The van der Waals surface area contributed by atoms with E-state index in [4.69, 9.17) is 0 Å². The van der Waals surface area contributed by atoms with Crippen LogP contribution < -0.4 is 4.90 Å². The molecule has 3 aliphatic rings. The lowest BCUT2D eigenvalue weighted by atomic mass is 9.94. The molecule has 0 unspecified atom stereocenters. The quantitative estimate of drug-likeness (QED) is 0.649. The van der Waals surface area contributed by atoms with Crippen LogP contribution in [0.3, 0.4) is 0 Å². The fourth-order valence-corrected chi connectivity index (χ4v) is 5.80. The summed E-state index contributed by atoms with van der Waals surface area (Å²) in [5, 5.41) is 7.89. The van der Waals surface area contributed by atoms with Crippen LogP contribution in [-0.4, -0.2) is 73.2 Å². The van der Waals surface area contributed by atoms with Crippen molar-refractivity contribution >= 4 is 33.5 Å². The molecule has 0 atom stereocenters. The van der Waals surface area contributed by atoms with Gasteiger partial charge < -0.3 is 4.90 Å². The van der Waals surface area contributed by atoms with Crippen molar-refractivity contribution in [2.24, 2.45) is 5.92 Å². The standard InChI is InChI=1S/C23H32N4OS/c28-18-27(20-4-5-20)26-11-7-19(8-12-26)6-10-24-13-15-25(16-14-24)22-2-1-3-23-21(22)9-17-29-23/h1-3,9,17-20H,4-8,10-16H2. The number of piperazine rings is 1. The molecule has 0 radical (unpaired) electrons. The molecule has 1 aromatic heterocycles. The lowest BCUT2D eigenvalue weighted by molar-refractivity contribution is -0.139. The average Bonchev–Trinajstić information content (AvgIpc) is 3.48. The van der Waals surface area contributed by atoms with Crippen LogP contribution in [-0.2, 0) is 4.79 Å². The van der Waals surface area contributed by atoms with E-state index in [0.29, 0.717) is 6.04 Å². The Morgan fingerprint density at radius 2 is 1.79 bits per heavy atom. The number of amides is 1. The van der Waals surface area contributed by atoms with Crippen molar-refractivity contribution in [2.75, 3.05) is 50.7 Å². The van der Waals surface area contributed by atoms with E-state index in [1.165, 1.54) is 67.5 Å². The molecule has 3 fully saturated rings. The van der Waals surface area contributed by atoms with Crippen molar-refractivity contribution in [3.05, 3.63) is 29.6 Å². The number of carbonyl (C=O) groups is 1. The molecule has 1 aliphatic carbocycles. The number of rotatable bonds is 7. The Bertz CT molecular complexity index is 819. The first kappa shape index (κ1) is 19.3. The van der Waals surface area contributed by atoms with Gasteiger partial charge in [-0.05, 0) is 68.1 Å². The normalized spacial score (nSPS) is 22.3. The van der Waals surface area contributed by atoms with E-state index in [0.717, 1.165) is 38.5 Å². The number of hydrogen-bond acceptors (Lipinski definition) is 5. The van der Waals surface area contributed by atoms with Gasteiger partial charge in [0, 0.05) is 61.1 Å². The predicted molar refractivity (Wildman–Crippen MR) is 120 cm³/mol. The summed E-state index contributed by atoms with van der Waals surface area (Å²) in [7, 11) is 0. The van der Waals surface area contributed by atoms with Crippen LogP contribution in [0.1, 0.15) is 32.1 Å². The first-order valence-corrected chi connectivity index (χ1v) is 12.1. The van der Waals surface area contributed by atoms with Gasteiger partial charge in [-0.25, -0.2) is 5.01 Å². The number of anilines is 1. The second-order valence-corrected chi connectivity index (χ2v) is 9.79. The summed E-state index contributed by atoms with van der Waals surface area (Å²) >= 11 is 1.84. The zero-order valence-corrected chi connectivity index (χ0v) is 18.0. The van der Waals surface area contributed by atoms with E-state index >= 15 is 0 Å². The Morgan fingerprint density at radius 1 is 1.00 bits per heavy atom. The predicted octanol–water partition coefficient (Wildman–Crippen LogP) is 3.66. The minimum absolute atomic E-state index is 0.500. The molecule has 29 heavy (non-hydrogen) atoms. The molecule has 3 heterocycles. The molecule has 2 saturated heterocycles. The van der Waals surface area contributed by atoms with Gasteiger partial charge in [-0.3, -0.25) is 14.7 Å². The lowest BCUT2D eigenvalue weighted by Gasteiger charge is -2.39. The van der Waals surface area contributed by atoms with Crippen molar-refractivity contribution in [2.45, 2.75) is 38.1 Å². The summed E-state index contributed by atoms with van der Waals surface area (Å²) in [5.41, 5.74) is 1.41. The Morgan fingerprint density at radius 3 is 2.52 bits per heavy atom. The maximum absolute atomic E-state index is 11.4. The molecule has 0 N–H and O–H groups in total. The van der Waals surface area contributed by atoms with Gasteiger partial charge in [0.15, 0.2) is 0 Å². The topological polar surface area (TPSA) is 30.0 Å². The van der Waals surface area contributed by atoms with Gasteiger partial charge in [0.2, 0.25) is 6.41 Å². The maximum atomic E-state index is 11.4. The molecular formula is C23H32N4OS. The van der Waals surface area contributed by atoms with E-state index in [2.05, 4.69) is 44.5 Å². The van der Waals surface area contributed by atoms with Crippen molar-refractivity contribution < 1.29 is 4.79 Å². The van der Waals surface area contributed by atoms with Crippen LogP contribution in [0.2, 0.25) is 0 Å². The molecule has 1 saturated carbocycles. The molecule has 0 spiro atoms. The van der Waals surface area contributed by atoms with E-state index in [1.807, 2.05) is 16.3 Å². The summed E-state index contributed by atoms with van der Waals surface area (Å²) in [6.45, 7) is 7.92. The molecular weight excluding hydrogens is 380 g/mol. The summed E-state index contributed by atoms with van der Waals surface area (Å²) in [5.74, 6) is 0.816. The van der Waals surface area contributed by atoms with Crippen LogP contribution in [0.25, 0.3) is 10.1 Å². The van der Waals surface area contributed by atoms with Crippen LogP contribution in [0, 0.1) is 5.92 Å². The fourth-order valence-electron chi connectivity index (χ4n) is 4.99. The lowest BCUT2D eigenvalue weighted by Crippen LogP contribution is -2.48. The molecule has 2 aliphatic heterocycles. The summed E-state index contributed by atoms with van der Waals surface area (Å²) in [6, 6.07) is 9.47. The van der Waals surface area contributed by atoms with E-state index in [9.17, 15) is 4.79 Å². The minimum atomic E-state index is 0.500. The van der Waals surface area contributed by atoms with Gasteiger partial charge in [0.25, 0.3) is 0 Å². The van der Waals surface area contributed by atoms with Gasteiger partial charge in [-0.1, -0.05) is 6.07 Å². The third-order valence-electron chi connectivity index (χ3n) is 6.99. The highest BCUT2D eigenvalue weighted by atomic mass is 32.1. The van der Waals surface area contributed by atoms with Crippen LogP contribution >= 0.6 is 11.3 Å². The molecule has 1 aromatic carbocycles. The molecule has 5 nitrogen and oxygen atoms in total. The smallest absolute Gasteiger partial charge is 0.224 e. The zero-order chi connectivity index (χ0) is 19.6. The van der Waals surface area contributed by atoms with Gasteiger partial charge >= 0.3 is 0 Å². The Kier molecular flexibility index (Phi) is 5.75. The fraction of sp³-hybridized carbons (Fsp3) is 0.609. The number of hydrogen-bond donors (Lipinski definition) is 0. The molecule has 6 heteroatoms. The van der Waals surface area contributed by atoms with E-state index in [-0.39, 0.29) is 0 Å². The van der Waals surface area contributed by atoms with Crippen LogP contribution in [0.5, 0.6) is 0 Å². The molecule has 1 amide bonds. The number of fused-ring (bicyclic) bond motifs is 1. The number of hydrazine groups is 1. The van der Waals surface area contributed by atoms with E-state index < -0.39 is 0 Å². The Hall–Kier alpha value is -1.63. The molecule has 5 rings (SSSR count). The third-order valence-corrected chi connectivity index (χ3v) is 7.87. The first-order valence-electron chi connectivity index (χ1n) is 11.2.